The highest BCUT2D eigenvalue weighted by Gasteiger charge is 2.34. The third-order valence-corrected chi connectivity index (χ3v) is 4.16. The summed E-state index contributed by atoms with van der Waals surface area (Å²) in [6.07, 6.45) is 5.14. The average molecular weight is 317 g/mol. The van der Waals surface area contributed by atoms with Crippen molar-refractivity contribution < 1.29 is 9.84 Å². The Morgan fingerprint density at radius 3 is 3.00 bits per heavy atom. The Morgan fingerprint density at radius 1 is 1.39 bits per heavy atom. The first-order valence-corrected chi connectivity index (χ1v) is 7.87. The molecule has 7 nitrogen and oxygen atoms in total. The summed E-state index contributed by atoms with van der Waals surface area (Å²) < 4.78 is 7.00. The summed E-state index contributed by atoms with van der Waals surface area (Å²) in [5, 5.41) is 18.6. The SMILES string of the molecule is COc1cc(C)nc(CN2CCCC(O)(Cn3ccnn3)C2)c1. The first kappa shape index (κ1) is 15.9. The molecule has 124 valence electrons. The zero-order valence-corrected chi connectivity index (χ0v) is 13.6. The lowest BCUT2D eigenvalue weighted by Crippen LogP contribution is -2.50. The molecular formula is C16H23N5O2. The number of β-amino-alcohol motifs (C(OH)–C–C–N with tert-alkyl or cyclic N) is 1. The number of hydrogen-bond acceptors (Lipinski definition) is 6. The normalized spacial score (nSPS) is 22.2. The fraction of sp³-hybridized carbons (Fsp3) is 0.562. The molecule has 2 aromatic rings. The smallest absolute Gasteiger partial charge is 0.122 e. The standard InChI is InChI=1S/C16H23N5O2/c1-13-8-15(23-2)9-14(18-13)10-20-6-3-4-16(22,11-20)12-21-7-5-17-19-21/h5,7-9,22H,3-4,6,10-12H2,1-2H3. The van der Waals surface area contributed by atoms with E-state index in [2.05, 4.69) is 20.2 Å². The fourth-order valence-corrected chi connectivity index (χ4v) is 3.22. The Bertz CT molecular complexity index is 646. The molecule has 0 saturated carbocycles. The van der Waals surface area contributed by atoms with E-state index in [0.29, 0.717) is 19.6 Å². The van der Waals surface area contributed by atoms with E-state index in [9.17, 15) is 5.11 Å². The van der Waals surface area contributed by atoms with Gasteiger partial charge in [-0.05, 0) is 26.3 Å². The van der Waals surface area contributed by atoms with E-state index < -0.39 is 5.60 Å². The Hall–Kier alpha value is -1.99. The van der Waals surface area contributed by atoms with E-state index in [4.69, 9.17) is 4.74 Å². The number of aliphatic hydroxyl groups is 1. The molecule has 0 bridgehead atoms. The van der Waals surface area contributed by atoms with Crippen LogP contribution in [0.1, 0.15) is 24.2 Å². The van der Waals surface area contributed by atoms with Gasteiger partial charge in [-0.25, -0.2) is 4.68 Å². The Morgan fingerprint density at radius 2 is 2.26 bits per heavy atom. The van der Waals surface area contributed by atoms with Gasteiger partial charge in [-0.3, -0.25) is 9.88 Å². The predicted molar refractivity (Wildman–Crippen MR) is 85.0 cm³/mol. The average Bonchev–Trinajstić information content (AvgIpc) is 2.98. The first-order valence-electron chi connectivity index (χ1n) is 7.87. The monoisotopic (exact) mass is 317 g/mol. The summed E-state index contributed by atoms with van der Waals surface area (Å²) in [6, 6.07) is 3.87. The van der Waals surface area contributed by atoms with Gasteiger partial charge >= 0.3 is 0 Å². The van der Waals surface area contributed by atoms with E-state index in [1.165, 1.54) is 0 Å². The van der Waals surface area contributed by atoms with E-state index in [-0.39, 0.29) is 0 Å². The van der Waals surface area contributed by atoms with Crippen molar-refractivity contribution in [3.05, 3.63) is 35.9 Å². The van der Waals surface area contributed by atoms with Crippen LogP contribution in [0.25, 0.3) is 0 Å². The number of nitrogens with zero attached hydrogens (tertiary/aromatic N) is 5. The summed E-state index contributed by atoms with van der Waals surface area (Å²) in [7, 11) is 1.66. The minimum atomic E-state index is -0.778. The third-order valence-electron chi connectivity index (χ3n) is 4.16. The third kappa shape index (κ3) is 4.05. The highest BCUT2D eigenvalue weighted by Crippen LogP contribution is 2.24. The number of aryl methyl sites for hydroxylation is 1. The van der Waals surface area contributed by atoms with Gasteiger partial charge in [-0.15, -0.1) is 5.10 Å². The van der Waals surface area contributed by atoms with Crippen LogP contribution in [0.3, 0.4) is 0 Å². The Labute approximate surface area is 135 Å². The summed E-state index contributed by atoms with van der Waals surface area (Å²) in [6.45, 7) is 4.69. The maximum atomic E-state index is 10.9. The molecule has 0 amide bonds. The number of ether oxygens (including phenoxy) is 1. The van der Waals surface area contributed by atoms with E-state index >= 15 is 0 Å². The van der Waals surface area contributed by atoms with Crippen molar-refractivity contribution in [3.8, 4) is 5.75 Å². The zero-order valence-electron chi connectivity index (χ0n) is 13.6. The Kier molecular flexibility index (Phi) is 4.58. The van der Waals surface area contributed by atoms with Crippen LogP contribution in [0.15, 0.2) is 24.5 Å². The number of piperidine rings is 1. The first-order chi connectivity index (χ1) is 11.1. The van der Waals surface area contributed by atoms with Gasteiger partial charge in [0.1, 0.15) is 5.75 Å². The van der Waals surface area contributed by atoms with E-state index in [1.807, 2.05) is 19.1 Å². The summed E-state index contributed by atoms with van der Waals surface area (Å²) in [5.41, 5.74) is 1.13. The van der Waals surface area contributed by atoms with Crippen LogP contribution in [0.2, 0.25) is 0 Å². The lowest BCUT2D eigenvalue weighted by molar-refractivity contribution is -0.0481. The molecule has 3 heterocycles. The van der Waals surface area contributed by atoms with Crippen LogP contribution in [-0.2, 0) is 13.1 Å². The van der Waals surface area contributed by atoms with Gasteiger partial charge in [0.2, 0.25) is 0 Å². The molecule has 7 heteroatoms. The van der Waals surface area contributed by atoms with Gasteiger partial charge in [0, 0.05) is 37.1 Å². The van der Waals surface area contributed by atoms with Crippen LogP contribution in [0, 0.1) is 6.92 Å². The highest BCUT2D eigenvalue weighted by molar-refractivity contribution is 5.26. The maximum absolute atomic E-state index is 10.9. The van der Waals surface area contributed by atoms with Crippen molar-refractivity contribution in [1.29, 1.82) is 0 Å². The van der Waals surface area contributed by atoms with Gasteiger partial charge < -0.3 is 9.84 Å². The van der Waals surface area contributed by atoms with Gasteiger partial charge in [0.15, 0.2) is 0 Å². The largest absolute Gasteiger partial charge is 0.497 e. The van der Waals surface area contributed by atoms with Crippen molar-refractivity contribution in [2.45, 2.75) is 38.5 Å². The van der Waals surface area contributed by atoms with Crippen molar-refractivity contribution in [2.75, 3.05) is 20.2 Å². The molecule has 1 fully saturated rings. The fourth-order valence-electron chi connectivity index (χ4n) is 3.22. The molecule has 1 atom stereocenters. The van der Waals surface area contributed by atoms with Crippen LogP contribution in [-0.4, -0.2) is 55.8 Å². The van der Waals surface area contributed by atoms with Crippen LogP contribution < -0.4 is 4.74 Å². The van der Waals surface area contributed by atoms with Gasteiger partial charge in [0.05, 0.1) is 31.1 Å². The van der Waals surface area contributed by atoms with Crippen molar-refractivity contribution in [3.63, 3.8) is 0 Å². The predicted octanol–water partition coefficient (Wildman–Crippen LogP) is 1.02. The summed E-state index contributed by atoms with van der Waals surface area (Å²) >= 11 is 0. The second-order valence-corrected chi connectivity index (χ2v) is 6.28. The lowest BCUT2D eigenvalue weighted by Gasteiger charge is -2.38. The lowest BCUT2D eigenvalue weighted by atomic mass is 9.92. The van der Waals surface area contributed by atoms with Crippen molar-refractivity contribution in [2.24, 2.45) is 0 Å². The molecule has 0 spiro atoms. The number of aromatic nitrogens is 4. The second-order valence-electron chi connectivity index (χ2n) is 6.28. The van der Waals surface area contributed by atoms with Gasteiger partial charge in [-0.2, -0.15) is 0 Å². The summed E-state index contributed by atoms with van der Waals surface area (Å²) in [5.74, 6) is 0.822. The zero-order chi connectivity index (χ0) is 16.3. The highest BCUT2D eigenvalue weighted by atomic mass is 16.5. The molecule has 2 aromatic heterocycles. The quantitative estimate of drug-likeness (QED) is 0.887. The molecule has 1 saturated heterocycles. The van der Waals surface area contributed by atoms with Crippen LogP contribution in [0.4, 0.5) is 0 Å². The van der Waals surface area contributed by atoms with E-state index in [0.717, 1.165) is 36.5 Å². The molecule has 1 N–H and O–H groups in total. The molecule has 0 aliphatic carbocycles. The number of methoxy groups -OCH3 is 1. The molecular weight excluding hydrogens is 294 g/mol. The maximum Gasteiger partial charge on any atom is 0.122 e. The second kappa shape index (κ2) is 6.64. The number of pyridine rings is 1. The molecule has 1 unspecified atom stereocenters. The Balaban J connectivity index is 1.67. The molecule has 3 rings (SSSR count). The number of hydrogen-bond donors (Lipinski definition) is 1. The molecule has 0 radical (unpaired) electrons. The topological polar surface area (TPSA) is 76.3 Å². The van der Waals surface area contributed by atoms with Gasteiger partial charge in [-0.1, -0.05) is 5.21 Å². The van der Waals surface area contributed by atoms with Crippen LogP contribution >= 0.6 is 0 Å². The van der Waals surface area contributed by atoms with Gasteiger partial charge in [0.25, 0.3) is 0 Å². The molecule has 23 heavy (non-hydrogen) atoms. The number of likely N-dealkylation sites (tertiary alicyclic amines) is 1. The van der Waals surface area contributed by atoms with Crippen molar-refractivity contribution in [1.82, 2.24) is 24.9 Å². The van der Waals surface area contributed by atoms with Crippen LogP contribution in [0.5, 0.6) is 5.75 Å². The summed E-state index contributed by atoms with van der Waals surface area (Å²) in [4.78, 5) is 6.81. The van der Waals surface area contributed by atoms with E-state index in [1.54, 1.807) is 24.2 Å². The molecule has 1 aliphatic heterocycles. The minimum absolute atomic E-state index is 0.466. The molecule has 1 aliphatic rings. The molecule has 0 aromatic carbocycles. The number of rotatable bonds is 5. The van der Waals surface area contributed by atoms with Crippen molar-refractivity contribution >= 4 is 0 Å². The minimum Gasteiger partial charge on any atom is -0.497 e.